The second-order valence-corrected chi connectivity index (χ2v) is 6.87. The zero-order valence-electron chi connectivity index (χ0n) is 10.5. The van der Waals surface area contributed by atoms with Gasteiger partial charge < -0.3 is 0 Å². The average Bonchev–Trinajstić information content (AvgIpc) is 2.21. The summed E-state index contributed by atoms with van der Waals surface area (Å²) in [7, 11) is 0. The molecule has 4 rings (SSSR count). The van der Waals surface area contributed by atoms with Gasteiger partial charge in [-0.15, -0.1) is 0 Å². The molecule has 0 aromatic heterocycles. The Morgan fingerprint density at radius 3 is 2.67 bits per heavy atom. The summed E-state index contributed by atoms with van der Waals surface area (Å²) in [6.07, 6.45) is 7.17. The van der Waals surface area contributed by atoms with Crippen LogP contribution in [0.2, 0.25) is 0 Å². The van der Waals surface area contributed by atoms with Crippen molar-refractivity contribution < 1.29 is 0 Å². The highest BCUT2D eigenvalue weighted by Gasteiger charge is 2.61. The average molecular weight is 204 g/mol. The zero-order chi connectivity index (χ0) is 10.8. The lowest BCUT2D eigenvalue weighted by molar-refractivity contribution is -0.123. The van der Waals surface area contributed by atoms with Crippen LogP contribution in [0.15, 0.2) is 12.2 Å². The zero-order valence-corrected chi connectivity index (χ0v) is 10.5. The van der Waals surface area contributed by atoms with Gasteiger partial charge in [-0.1, -0.05) is 32.9 Å². The molecule has 0 nitrogen and oxygen atoms in total. The summed E-state index contributed by atoms with van der Waals surface area (Å²) in [5.41, 5.74) is 2.67. The van der Waals surface area contributed by atoms with Gasteiger partial charge >= 0.3 is 0 Å². The molecule has 0 aromatic carbocycles. The summed E-state index contributed by atoms with van der Waals surface area (Å²) < 4.78 is 0. The molecule has 0 saturated heterocycles. The van der Waals surface area contributed by atoms with Crippen LogP contribution in [0, 0.1) is 28.6 Å². The van der Waals surface area contributed by atoms with Crippen molar-refractivity contribution in [2.75, 3.05) is 0 Å². The van der Waals surface area contributed by atoms with Gasteiger partial charge in [-0.3, -0.25) is 0 Å². The van der Waals surface area contributed by atoms with Crippen LogP contribution in [0.5, 0.6) is 0 Å². The van der Waals surface area contributed by atoms with Crippen LogP contribution in [0.3, 0.4) is 0 Å². The van der Waals surface area contributed by atoms with Crippen molar-refractivity contribution >= 4 is 0 Å². The van der Waals surface area contributed by atoms with E-state index in [9.17, 15) is 0 Å². The van der Waals surface area contributed by atoms with Gasteiger partial charge in [-0.25, -0.2) is 0 Å². The van der Waals surface area contributed by atoms with Crippen LogP contribution in [-0.2, 0) is 0 Å². The third-order valence-corrected chi connectivity index (χ3v) is 6.62. The summed E-state index contributed by atoms with van der Waals surface area (Å²) in [4.78, 5) is 0. The third kappa shape index (κ3) is 0.946. The van der Waals surface area contributed by atoms with Gasteiger partial charge in [0.25, 0.3) is 0 Å². The Bertz CT molecular complexity index is 316. The van der Waals surface area contributed by atoms with Crippen LogP contribution >= 0.6 is 0 Å². The molecule has 0 N–H and O–H groups in total. The Hall–Kier alpha value is -0.260. The lowest BCUT2D eigenvalue weighted by atomic mass is 9.37. The normalized spacial score (nSPS) is 58.3. The molecule has 4 aliphatic carbocycles. The number of fused-ring (bicyclic) bond motifs is 1. The summed E-state index contributed by atoms with van der Waals surface area (Å²) in [5.74, 6) is 2.81. The summed E-state index contributed by atoms with van der Waals surface area (Å²) >= 11 is 0. The van der Waals surface area contributed by atoms with Gasteiger partial charge in [0.15, 0.2) is 0 Å². The van der Waals surface area contributed by atoms with Crippen molar-refractivity contribution in [1.29, 1.82) is 0 Å². The molecule has 4 aliphatic rings. The molecule has 4 fully saturated rings. The van der Waals surface area contributed by atoms with Gasteiger partial charge in [0.1, 0.15) is 0 Å². The second kappa shape index (κ2) is 2.70. The first-order valence-corrected chi connectivity index (χ1v) is 6.68. The lowest BCUT2D eigenvalue weighted by Gasteiger charge is -2.67. The Balaban J connectivity index is 2.11. The van der Waals surface area contributed by atoms with Crippen molar-refractivity contribution in [2.24, 2.45) is 28.6 Å². The van der Waals surface area contributed by atoms with E-state index in [1.54, 1.807) is 5.57 Å². The SMILES string of the molecule is C=C1[C@@H]2CC[C@@]3(C)[C@H](C2)[C@@H](C)CC[C@@]13C. The van der Waals surface area contributed by atoms with E-state index in [2.05, 4.69) is 27.4 Å². The smallest absolute Gasteiger partial charge is 0.00597 e. The standard InChI is InChI=1S/C15H24/c1-10-5-7-14(3)11(2)12-6-8-15(14,4)13(10)9-12/h10,12-13H,2,5-9H2,1,3-4H3/t10-,12+,13+,14-,15-/m0/s1. The Labute approximate surface area is 94.1 Å². The third-order valence-electron chi connectivity index (χ3n) is 6.62. The number of allylic oxidation sites excluding steroid dienone is 1. The van der Waals surface area contributed by atoms with E-state index in [4.69, 9.17) is 0 Å². The van der Waals surface area contributed by atoms with Crippen molar-refractivity contribution in [1.82, 2.24) is 0 Å². The Morgan fingerprint density at radius 2 is 1.93 bits per heavy atom. The number of hydrogen-bond donors (Lipinski definition) is 0. The maximum Gasteiger partial charge on any atom is -0.00597 e. The van der Waals surface area contributed by atoms with Gasteiger partial charge in [0.05, 0.1) is 0 Å². The first-order chi connectivity index (χ1) is 6.99. The van der Waals surface area contributed by atoms with Crippen LogP contribution in [-0.4, -0.2) is 0 Å². The van der Waals surface area contributed by atoms with E-state index >= 15 is 0 Å². The minimum atomic E-state index is 0.478. The molecule has 84 valence electrons. The van der Waals surface area contributed by atoms with E-state index in [-0.39, 0.29) is 0 Å². The monoisotopic (exact) mass is 204 g/mol. The van der Waals surface area contributed by atoms with Crippen molar-refractivity contribution in [3.05, 3.63) is 12.2 Å². The summed E-state index contributed by atoms with van der Waals surface area (Å²) in [5, 5.41) is 0. The largest absolute Gasteiger partial charge is 0.0990 e. The molecule has 0 unspecified atom stereocenters. The first kappa shape index (κ1) is 9.93. The molecule has 4 saturated carbocycles. The molecule has 0 heterocycles. The van der Waals surface area contributed by atoms with Crippen molar-refractivity contribution in [3.63, 3.8) is 0 Å². The summed E-state index contributed by atoms with van der Waals surface area (Å²) in [6.45, 7) is 12.0. The van der Waals surface area contributed by atoms with Crippen LogP contribution in [0.25, 0.3) is 0 Å². The fourth-order valence-corrected chi connectivity index (χ4v) is 5.19. The molecular weight excluding hydrogens is 180 g/mol. The molecule has 0 heteroatoms. The number of rotatable bonds is 0. The fourth-order valence-electron chi connectivity index (χ4n) is 5.19. The minimum Gasteiger partial charge on any atom is -0.0990 e. The predicted octanol–water partition coefficient (Wildman–Crippen LogP) is 4.42. The van der Waals surface area contributed by atoms with Crippen LogP contribution in [0.1, 0.15) is 52.9 Å². The van der Waals surface area contributed by atoms with E-state index in [1.165, 1.54) is 32.1 Å². The fraction of sp³-hybridized carbons (Fsp3) is 0.867. The highest BCUT2D eigenvalue weighted by molar-refractivity contribution is 5.28. The first-order valence-electron chi connectivity index (χ1n) is 6.68. The Kier molecular flexibility index (Phi) is 1.79. The topological polar surface area (TPSA) is 0 Å². The predicted molar refractivity (Wildman–Crippen MR) is 64.6 cm³/mol. The lowest BCUT2D eigenvalue weighted by Crippen LogP contribution is -2.58. The van der Waals surface area contributed by atoms with Crippen LogP contribution < -0.4 is 0 Å². The highest BCUT2D eigenvalue weighted by Crippen LogP contribution is 2.70. The van der Waals surface area contributed by atoms with Crippen LogP contribution in [0.4, 0.5) is 0 Å². The Morgan fingerprint density at radius 1 is 1.20 bits per heavy atom. The van der Waals surface area contributed by atoms with Crippen molar-refractivity contribution in [2.45, 2.75) is 52.9 Å². The van der Waals surface area contributed by atoms with E-state index in [0.29, 0.717) is 10.8 Å². The van der Waals surface area contributed by atoms with E-state index in [1.807, 2.05) is 0 Å². The molecule has 0 amide bonds. The molecule has 4 bridgehead atoms. The molecule has 15 heavy (non-hydrogen) atoms. The molecular formula is C15H24. The summed E-state index contributed by atoms with van der Waals surface area (Å²) in [6, 6.07) is 0. The molecule has 0 aliphatic heterocycles. The maximum atomic E-state index is 4.46. The van der Waals surface area contributed by atoms with Gasteiger partial charge in [0, 0.05) is 0 Å². The van der Waals surface area contributed by atoms with Crippen molar-refractivity contribution in [3.8, 4) is 0 Å². The van der Waals surface area contributed by atoms with Gasteiger partial charge in [-0.05, 0) is 60.7 Å². The molecule has 0 spiro atoms. The van der Waals surface area contributed by atoms with E-state index < -0.39 is 0 Å². The van der Waals surface area contributed by atoms with Gasteiger partial charge in [0.2, 0.25) is 0 Å². The number of hydrogen-bond acceptors (Lipinski definition) is 0. The minimum absolute atomic E-state index is 0.478. The van der Waals surface area contributed by atoms with Gasteiger partial charge in [-0.2, -0.15) is 0 Å². The highest BCUT2D eigenvalue weighted by atomic mass is 14.7. The quantitative estimate of drug-likeness (QED) is 0.513. The molecule has 0 radical (unpaired) electrons. The van der Waals surface area contributed by atoms with E-state index in [0.717, 1.165) is 17.8 Å². The maximum absolute atomic E-state index is 4.46. The molecule has 5 atom stereocenters. The molecule has 0 aromatic rings. The second-order valence-electron chi connectivity index (χ2n) is 6.87.